The van der Waals surface area contributed by atoms with Crippen LogP contribution in [0, 0.1) is 6.92 Å². The standard InChI is InChI=1S/C12H16N4O2S/c1-3-9-7-12(15-14-9)16-19(17,18)11-6-4-5-10(13)8(11)2/h4-7H,3,13H2,1-2H3,(H2,14,15,16). The largest absolute Gasteiger partial charge is 0.398 e. The van der Waals surface area contributed by atoms with Crippen LogP contribution in [-0.2, 0) is 16.4 Å². The Morgan fingerprint density at radius 1 is 1.42 bits per heavy atom. The lowest BCUT2D eigenvalue weighted by atomic mass is 10.2. The van der Waals surface area contributed by atoms with Gasteiger partial charge in [-0.05, 0) is 31.0 Å². The molecule has 1 heterocycles. The van der Waals surface area contributed by atoms with Crippen LogP contribution in [-0.4, -0.2) is 18.6 Å². The molecule has 0 radical (unpaired) electrons. The monoisotopic (exact) mass is 280 g/mol. The number of sulfonamides is 1. The summed E-state index contributed by atoms with van der Waals surface area (Å²) in [6, 6.07) is 6.46. The van der Waals surface area contributed by atoms with E-state index in [0.29, 0.717) is 11.3 Å². The lowest BCUT2D eigenvalue weighted by molar-refractivity contribution is 0.600. The van der Waals surface area contributed by atoms with Gasteiger partial charge in [-0.25, -0.2) is 8.42 Å². The number of aromatic nitrogens is 2. The van der Waals surface area contributed by atoms with Crippen molar-refractivity contribution in [3.63, 3.8) is 0 Å². The summed E-state index contributed by atoms with van der Waals surface area (Å²) in [5.41, 5.74) is 7.56. The van der Waals surface area contributed by atoms with Gasteiger partial charge in [-0.15, -0.1) is 0 Å². The van der Waals surface area contributed by atoms with Crippen LogP contribution in [0.15, 0.2) is 29.2 Å². The number of H-pyrrole nitrogens is 1. The average Bonchev–Trinajstić information content (AvgIpc) is 2.79. The highest BCUT2D eigenvalue weighted by molar-refractivity contribution is 7.92. The van der Waals surface area contributed by atoms with E-state index >= 15 is 0 Å². The molecular formula is C12H16N4O2S. The molecule has 7 heteroatoms. The molecule has 102 valence electrons. The fourth-order valence-corrected chi connectivity index (χ4v) is 2.98. The molecule has 2 aromatic rings. The third-order valence-corrected chi connectivity index (χ3v) is 4.37. The van der Waals surface area contributed by atoms with Crippen molar-refractivity contribution in [2.24, 2.45) is 0 Å². The van der Waals surface area contributed by atoms with Crippen molar-refractivity contribution in [2.45, 2.75) is 25.2 Å². The van der Waals surface area contributed by atoms with Crippen molar-refractivity contribution in [3.05, 3.63) is 35.5 Å². The highest BCUT2D eigenvalue weighted by atomic mass is 32.2. The molecule has 1 aromatic carbocycles. The number of benzene rings is 1. The van der Waals surface area contributed by atoms with E-state index in [0.717, 1.165) is 12.1 Å². The highest BCUT2D eigenvalue weighted by Crippen LogP contribution is 2.22. The molecule has 0 aliphatic rings. The van der Waals surface area contributed by atoms with Crippen LogP contribution >= 0.6 is 0 Å². The van der Waals surface area contributed by atoms with Crippen LogP contribution in [0.4, 0.5) is 11.5 Å². The number of nitrogen functional groups attached to an aromatic ring is 1. The predicted octanol–water partition coefficient (Wildman–Crippen LogP) is 1.66. The number of rotatable bonds is 4. The summed E-state index contributed by atoms with van der Waals surface area (Å²) in [6.07, 6.45) is 0.756. The molecular weight excluding hydrogens is 264 g/mol. The fourth-order valence-electron chi connectivity index (χ4n) is 1.71. The topological polar surface area (TPSA) is 101 Å². The molecule has 4 N–H and O–H groups in total. The van der Waals surface area contributed by atoms with Gasteiger partial charge >= 0.3 is 0 Å². The van der Waals surface area contributed by atoms with Crippen molar-refractivity contribution in [1.82, 2.24) is 10.2 Å². The second kappa shape index (κ2) is 4.93. The van der Waals surface area contributed by atoms with E-state index in [-0.39, 0.29) is 10.7 Å². The Kier molecular flexibility index (Phi) is 3.48. The van der Waals surface area contributed by atoms with Gasteiger partial charge in [0.15, 0.2) is 5.82 Å². The predicted molar refractivity (Wildman–Crippen MR) is 74.4 cm³/mol. The molecule has 6 nitrogen and oxygen atoms in total. The lowest BCUT2D eigenvalue weighted by Crippen LogP contribution is -2.15. The van der Waals surface area contributed by atoms with Gasteiger partial charge in [0.25, 0.3) is 10.0 Å². The second-order valence-electron chi connectivity index (χ2n) is 4.21. The van der Waals surface area contributed by atoms with Gasteiger partial charge in [-0.3, -0.25) is 9.82 Å². The summed E-state index contributed by atoms with van der Waals surface area (Å²) in [5.74, 6) is 0.277. The van der Waals surface area contributed by atoms with Crippen LogP contribution in [0.3, 0.4) is 0 Å². The number of aromatic amines is 1. The maximum atomic E-state index is 12.3. The van der Waals surface area contributed by atoms with Gasteiger partial charge in [0.05, 0.1) is 4.90 Å². The zero-order valence-corrected chi connectivity index (χ0v) is 11.6. The lowest BCUT2D eigenvalue weighted by Gasteiger charge is -2.09. The van der Waals surface area contributed by atoms with Crippen LogP contribution in [0.5, 0.6) is 0 Å². The van der Waals surface area contributed by atoms with E-state index in [1.807, 2.05) is 6.92 Å². The first-order valence-corrected chi connectivity index (χ1v) is 7.34. The third-order valence-electron chi connectivity index (χ3n) is 2.87. The first-order valence-electron chi connectivity index (χ1n) is 5.86. The second-order valence-corrected chi connectivity index (χ2v) is 5.86. The highest BCUT2D eigenvalue weighted by Gasteiger charge is 2.19. The Labute approximate surface area is 112 Å². The molecule has 0 amide bonds. The Hall–Kier alpha value is -2.02. The van der Waals surface area contributed by atoms with E-state index in [2.05, 4.69) is 14.9 Å². The zero-order chi connectivity index (χ0) is 14.0. The SMILES string of the molecule is CCc1cc(NS(=O)(=O)c2cccc(N)c2C)n[nH]1. The molecule has 1 aromatic heterocycles. The van der Waals surface area contributed by atoms with Crippen LogP contribution in [0.2, 0.25) is 0 Å². The van der Waals surface area contributed by atoms with E-state index in [4.69, 9.17) is 5.73 Å². The smallest absolute Gasteiger partial charge is 0.263 e. The number of anilines is 2. The molecule has 0 atom stereocenters. The minimum atomic E-state index is -3.67. The molecule has 19 heavy (non-hydrogen) atoms. The number of hydrogen-bond donors (Lipinski definition) is 3. The first-order chi connectivity index (χ1) is 8.94. The average molecular weight is 280 g/mol. The van der Waals surface area contributed by atoms with Crippen molar-refractivity contribution in [2.75, 3.05) is 10.5 Å². The number of nitrogens with two attached hydrogens (primary N) is 1. The zero-order valence-electron chi connectivity index (χ0n) is 10.8. The summed E-state index contributed by atoms with van der Waals surface area (Å²) in [5, 5.41) is 6.66. The summed E-state index contributed by atoms with van der Waals surface area (Å²) in [6.45, 7) is 3.62. The summed E-state index contributed by atoms with van der Waals surface area (Å²) < 4.78 is 26.9. The van der Waals surface area contributed by atoms with Gasteiger partial charge in [0.2, 0.25) is 0 Å². The minimum absolute atomic E-state index is 0.161. The normalized spacial score (nSPS) is 11.5. The van der Waals surface area contributed by atoms with Gasteiger partial charge < -0.3 is 5.73 Å². The number of aryl methyl sites for hydroxylation is 1. The van der Waals surface area contributed by atoms with Crippen LogP contribution in [0.25, 0.3) is 0 Å². The van der Waals surface area contributed by atoms with Crippen molar-refractivity contribution >= 4 is 21.5 Å². The molecule has 0 saturated carbocycles. The first kappa shape index (κ1) is 13.4. The molecule has 0 fully saturated rings. The number of nitrogens with zero attached hydrogens (tertiary/aromatic N) is 1. The van der Waals surface area contributed by atoms with Crippen LogP contribution < -0.4 is 10.5 Å². The van der Waals surface area contributed by atoms with Gasteiger partial charge in [0, 0.05) is 17.4 Å². The molecule has 0 bridgehead atoms. The third kappa shape index (κ3) is 2.70. The van der Waals surface area contributed by atoms with Gasteiger partial charge in [0.1, 0.15) is 0 Å². The van der Waals surface area contributed by atoms with Crippen molar-refractivity contribution in [1.29, 1.82) is 0 Å². The maximum Gasteiger partial charge on any atom is 0.263 e. The molecule has 0 aliphatic heterocycles. The van der Waals surface area contributed by atoms with Crippen molar-refractivity contribution < 1.29 is 8.42 Å². The molecule has 0 saturated heterocycles. The Balaban J connectivity index is 2.35. The van der Waals surface area contributed by atoms with Gasteiger partial charge in [-0.1, -0.05) is 13.0 Å². The Bertz CT molecular complexity index is 692. The molecule has 2 rings (SSSR count). The Morgan fingerprint density at radius 3 is 2.79 bits per heavy atom. The molecule has 0 aliphatic carbocycles. The minimum Gasteiger partial charge on any atom is -0.398 e. The van der Waals surface area contributed by atoms with E-state index in [1.165, 1.54) is 6.07 Å². The van der Waals surface area contributed by atoms with Crippen LogP contribution in [0.1, 0.15) is 18.2 Å². The Morgan fingerprint density at radius 2 is 2.16 bits per heavy atom. The fraction of sp³-hybridized carbons (Fsp3) is 0.250. The molecule has 0 unspecified atom stereocenters. The van der Waals surface area contributed by atoms with E-state index < -0.39 is 10.0 Å². The summed E-state index contributed by atoms with van der Waals surface area (Å²) in [4.78, 5) is 0.161. The van der Waals surface area contributed by atoms with Crippen molar-refractivity contribution in [3.8, 4) is 0 Å². The summed E-state index contributed by atoms with van der Waals surface area (Å²) in [7, 11) is -3.67. The van der Waals surface area contributed by atoms with E-state index in [1.54, 1.807) is 25.1 Å². The summed E-state index contributed by atoms with van der Waals surface area (Å²) >= 11 is 0. The molecule has 0 spiro atoms. The van der Waals surface area contributed by atoms with E-state index in [9.17, 15) is 8.42 Å². The quantitative estimate of drug-likeness (QED) is 0.741. The maximum absolute atomic E-state index is 12.3. The number of hydrogen-bond acceptors (Lipinski definition) is 4. The number of nitrogens with one attached hydrogen (secondary N) is 2. The van der Waals surface area contributed by atoms with Gasteiger partial charge in [-0.2, -0.15) is 5.10 Å².